The molecule has 4 aromatic rings. The summed E-state index contributed by atoms with van der Waals surface area (Å²) in [4.78, 5) is 4.47. The molecule has 0 amide bonds. The molecule has 2 heterocycles. The highest BCUT2D eigenvalue weighted by Gasteiger charge is 2.16. The second-order valence-electron chi connectivity index (χ2n) is 7.06. The lowest BCUT2D eigenvalue weighted by molar-refractivity contribution is 0.475. The highest BCUT2D eigenvalue weighted by Crippen LogP contribution is 2.37. The number of fused-ring (bicyclic) bond motifs is 1. The minimum atomic E-state index is 0.232. The quantitative estimate of drug-likeness (QED) is 0.468. The van der Waals surface area contributed by atoms with Gasteiger partial charge in [0.15, 0.2) is 0 Å². The van der Waals surface area contributed by atoms with Crippen molar-refractivity contribution in [1.29, 1.82) is 0 Å². The van der Waals surface area contributed by atoms with Crippen molar-refractivity contribution in [3.05, 3.63) is 60.4 Å². The summed E-state index contributed by atoms with van der Waals surface area (Å²) < 4.78 is 2.01. The summed E-state index contributed by atoms with van der Waals surface area (Å²) in [6, 6.07) is 13.5. The fourth-order valence-corrected chi connectivity index (χ4v) is 3.78. The van der Waals surface area contributed by atoms with Crippen LogP contribution in [0.4, 0.5) is 5.82 Å². The van der Waals surface area contributed by atoms with E-state index in [2.05, 4.69) is 40.5 Å². The largest absolute Gasteiger partial charge is 0.508 e. The summed E-state index contributed by atoms with van der Waals surface area (Å²) >= 11 is 0. The van der Waals surface area contributed by atoms with E-state index in [4.69, 9.17) is 5.73 Å². The molecule has 4 rings (SSSR count). The second kappa shape index (κ2) is 7.93. The number of likely N-dealkylation sites (N-methyl/N-ethyl adjacent to an activating group) is 1. The number of nitrogen functional groups attached to an aromatic ring is 1. The maximum Gasteiger partial charge on any atom is 0.131 e. The van der Waals surface area contributed by atoms with Crippen molar-refractivity contribution < 1.29 is 5.11 Å². The van der Waals surface area contributed by atoms with Crippen LogP contribution in [0.5, 0.6) is 5.75 Å². The molecule has 0 saturated heterocycles. The third-order valence-corrected chi connectivity index (χ3v) is 5.25. The molecule has 0 saturated carbocycles. The minimum absolute atomic E-state index is 0.232. The van der Waals surface area contributed by atoms with E-state index < -0.39 is 0 Å². The lowest BCUT2D eigenvalue weighted by atomic mass is 9.91. The first-order valence-corrected chi connectivity index (χ1v) is 9.79. The molecule has 0 bridgehead atoms. The van der Waals surface area contributed by atoms with Crippen LogP contribution in [-0.2, 0) is 13.0 Å². The number of aromatic nitrogens is 3. The maximum absolute atomic E-state index is 9.63. The number of hydrogen-bond donors (Lipinski definition) is 3. The van der Waals surface area contributed by atoms with E-state index in [9.17, 15) is 5.11 Å². The van der Waals surface area contributed by atoms with Crippen LogP contribution in [0.15, 0.2) is 54.9 Å². The van der Waals surface area contributed by atoms with Gasteiger partial charge in [0.25, 0.3) is 0 Å². The number of nitrogens with two attached hydrogens (primary N) is 1. The Morgan fingerprint density at radius 2 is 1.83 bits per heavy atom. The van der Waals surface area contributed by atoms with Crippen molar-refractivity contribution in [2.45, 2.75) is 19.9 Å². The van der Waals surface area contributed by atoms with Crippen LogP contribution < -0.4 is 11.1 Å². The highest BCUT2D eigenvalue weighted by molar-refractivity contribution is 5.89. The van der Waals surface area contributed by atoms with Crippen molar-refractivity contribution in [1.82, 2.24) is 20.1 Å². The zero-order valence-electron chi connectivity index (χ0n) is 16.7. The lowest BCUT2D eigenvalue weighted by Gasteiger charge is -2.16. The SMILES string of the molecule is CCc1c(-c2ccc3c(cnn3CCNC)c2)cnc(N)c1-c1ccc(O)cc1. The van der Waals surface area contributed by atoms with Crippen LogP contribution in [0.2, 0.25) is 0 Å². The van der Waals surface area contributed by atoms with E-state index in [-0.39, 0.29) is 5.75 Å². The summed E-state index contributed by atoms with van der Waals surface area (Å²) in [6.07, 6.45) is 4.58. The first kappa shape index (κ1) is 19.0. The number of nitrogens with zero attached hydrogens (tertiary/aromatic N) is 3. The Morgan fingerprint density at radius 1 is 1.07 bits per heavy atom. The number of phenols is 1. The fourth-order valence-electron chi connectivity index (χ4n) is 3.78. The van der Waals surface area contributed by atoms with Gasteiger partial charge in [-0.3, -0.25) is 4.68 Å². The number of hydrogen-bond acceptors (Lipinski definition) is 5. The Morgan fingerprint density at radius 3 is 2.55 bits per heavy atom. The standard InChI is InChI=1S/C23H25N5O/c1-3-19-20(14-26-23(24)22(19)15-4-7-18(29)8-5-15)16-6-9-21-17(12-16)13-27-28(21)11-10-25-2/h4-9,12-14,25,29H,3,10-11H2,1-2H3,(H2,24,26). The van der Waals surface area contributed by atoms with Gasteiger partial charge in [-0.05, 0) is 54.4 Å². The summed E-state index contributed by atoms with van der Waals surface area (Å²) in [7, 11) is 1.94. The molecule has 2 aromatic heterocycles. The lowest BCUT2D eigenvalue weighted by Crippen LogP contribution is -2.15. The smallest absolute Gasteiger partial charge is 0.131 e. The predicted octanol–water partition coefficient (Wildman–Crippen LogP) is 3.83. The summed E-state index contributed by atoms with van der Waals surface area (Å²) in [5.74, 6) is 0.729. The van der Waals surface area contributed by atoms with Crippen molar-refractivity contribution in [2.75, 3.05) is 19.3 Å². The molecule has 6 heteroatoms. The van der Waals surface area contributed by atoms with Crippen molar-refractivity contribution in [2.24, 2.45) is 0 Å². The zero-order chi connectivity index (χ0) is 20.4. The Labute approximate surface area is 170 Å². The Kier molecular flexibility index (Phi) is 5.18. The Bertz CT molecular complexity index is 1150. The molecule has 29 heavy (non-hydrogen) atoms. The number of benzene rings is 2. The molecule has 0 atom stereocenters. The molecule has 0 aliphatic carbocycles. The molecule has 6 nitrogen and oxygen atoms in total. The second-order valence-corrected chi connectivity index (χ2v) is 7.06. The predicted molar refractivity (Wildman–Crippen MR) is 118 cm³/mol. The first-order valence-electron chi connectivity index (χ1n) is 9.79. The Hall–Kier alpha value is -3.38. The molecule has 4 N–H and O–H groups in total. The molecule has 0 spiro atoms. The van der Waals surface area contributed by atoms with E-state index in [0.717, 1.165) is 58.2 Å². The van der Waals surface area contributed by atoms with Crippen LogP contribution in [0.3, 0.4) is 0 Å². The van der Waals surface area contributed by atoms with Gasteiger partial charge < -0.3 is 16.2 Å². The van der Waals surface area contributed by atoms with Crippen molar-refractivity contribution >= 4 is 16.7 Å². The summed E-state index contributed by atoms with van der Waals surface area (Å²) in [5.41, 5.74) is 12.6. The van der Waals surface area contributed by atoms with Crippen LogP contribution in [0, 0.1) is 0 Å². The molecule has 2 aromatic carbocycles. The summed E-state index contributed by atoms with van der Waals surface area (Å²) in [6.45, 7) is 3.82. The monoisotopic (exact) mass is 387 g/mol. The third-order valence-electron chi connectivity index (χ3n) is 5.25. The van der Waals surface area contributed by atoms with E-state index >= 15 is 0 Å². The van der Waals surface area contributed by atoms with Crippen molar-refractivity contribution in [3.63, 3.8) is 0 Å². The number of nitrogens with one attached hydrogen (secondary N) is 1. The molecule has 0 aliphatic rings. The van der Waals surface area contributed by atoms with Gasteiger partial charge in [-0.1, -0.05) is 25.1 Å². The Balaban J connectivity index is 1.82. The van der Waals surface area contributed by atoms with Crippen molar-refractivity contribution in [3.8, 4) is 28.0 Å². The number of pyridine rings is 1. The zero-order valence-corrected chi connectivity index (χ0v) is 16.7. The minimum Gasteiger partial charge on any atom is -0.508 e. The number of phenolic OH excluding ortho intramolecular Hbond substituents is 1. The number of anilines is 1. The average Bonchev–Trinajstić information content (AvgIpc) is 3.15. The van der Waals surface area contributed by atoms with E-state index in [0.29, 0.717) is 5.82 Å². The van der Waals surface area contributed by atoms with Gasteiger partial charge in [0.2, 0.25) is 0 Å². The van der Waals surface area contributed by atoms with Crippen LogP contribution >= 0.6 is 0 Å². The van der Waals surface area contributed by atoms with Gasteiger partial charge >= 0.3 is 0 Å². The number of rotatable bonds is 6. The van der Waals surface area contributed by atoms with Crippen LogP contribution in [0.1, 0.15) is 12.5 Å². The fraction of sp³-hybridized carbons (Fsp3) is 0.217. The summed E-state index contributed by atoms with van der Waals surface area (Å²) in [5, 5.41) is 18.4. The van der Waals surface area contributed by atoms with Gasteiger partial charge in [0, 0.05) is 29.3 Å². The molecule has 0 fully saturated rings. The molecule has 0 unspecified atom stereocenters. The normalized spacial score (nSPS) is 11.2. The van der Waals surface area contributed by atoms with Gasteiger partial charge in [-0.2, -0.15) is 5.10 Å². The highest BCUT2D eigenvalue weighted by atomic mass is 16.3. The van der Waals surface area contributed by atoms with Gasteiger partial charge in [0.05, 0.1) is 18.3 Å². The van der Waals surface area contributed by atoms with E-state index in [1.165, 1.54) is 0 Å². The molecular formula is C23H25N5O. The van der Waals surface area contributed by atoms with Gasteiger partial charge in [-0.15, -0.1) is 0 Å². The topological polar surface area (TPSA) is 89.0 Å². The molecule has 0 radical (unpaired) electrons. The van der Waals surface area contributed by atoms with Crippen LogP contribution in [0.25, 0.3) is 33.2 Å². The molecule has 0 aliphatic heterocycles. The first-order chi connectivity index (χ1) is 14.1. The molecule has 148 valence electrons. The van der Waals surface area contributed by atoms with Gasteiger partial charge in [0.1, 0.15) is 11.6 Å². The number of aromatic hydroxyl groups is 1. The third kappa shape index (κ3) is 3.54. The van der Waals surface area contributed by atoms with E-state index in [1.807, 2.05) is 36.3 Å². The van der Waals surface area contributed by atoms with Gasteiger partial charge in [-0.25, -0.2) is 4.98 Å². The maximum atomic E-state index is 9.63. The average molecular weight is 387 g/mol. The van der Waals surface area contributed by atoms with Crippen LogP contribution in [-0.4, -0.2) is 33.5 Å². The van der Waals surface area contributed by atoms with E-state index in [1.54, 1.807) is 12.1 Å². The molecular weight excluding hydrogens is 362 g/mol.